The Balaban J connectivity index is 2.28. The highest BCUT2D eigenvalue weighted by Gasteiger charge is 2.69. The second-order valence-corrected chi connectivity index (χ2v) is 5.40. The molecule has 0 aromatic rings. The molecule has 2 atom stereocenters. The molecule has 0 aromatic carbocycles. The molecule has 2 aliphatic rings. The summed E-state index contributed by atoms with van der Waals surface area (Å²) in [5, 5.41) is 0. The molecule has 0 radical (unpaired) electrons. The minimum Gasteiger partial charge on any atom is -0.461 e. The Kier molecular flexibility index (Phi) is 2.49. The van der Waals surface area contributed by atoms with Crippen molar-refractivity contribution in [3.63, 3.8) is 0 Å². The number of fused-ring (bicyclic) bond motifs is 2. The van der Waals surface area contributed by atoms with Gasteiger partial charge < -0.3 is 4.74 Å². The molecule has 4 nitrogen and oxygen atoms in total. The van der Waals surface area contributed by atoms with E-state index in [4.69, 9.17) is 4.74 Å². The van der Waals surface area contributed by atoms with Gasteiger partial charge in [0.25, 0.3) is 0 Å². The lowest BCUT2D eigenvalue weighted by molar-refractivity contribution is -0.150. The first-order valence-electron chi connectivity index (χ1n) is 5.74. The van der Waals surface area contributed by atoms with E-state index >= 15 is 0 Å². The Bertz CT molecular complexity index is 421. The van der Waals surface area contributed by atoms with Crippen molar-refractivity contribution in [1.29, 1.82) is 0 Å². The fourth-order valence-electron chi connectivity index (χ4n) is 3.24. The summed E-state index contributed by atoms with van der Waals surface area (Å²) in [6.45, 7) is 7.12. The van der Waals surface area contributed by atoms with Crippen LogP contribution in [-0.2, 0) is 19.1 Å². The van der Waals surface area contributed by atoms with Gasteiger partial charge in [-0.15, -0.1) is 0 Å². The SMILES string of the molecule is C=CC(=O)OCC12CCC(C(=O)C1=O)C2(C)C. The summed E-state index contributed by atoms with van der Waals surface area (Å²) in [7, 11) is 0. The molecule has 0 spiro atoms. The lowest BCUT2D eigenvalue weighted by atomic mass is 9.69. The molecular weight excluding hydrogens is 220 g/mol. The van der Waals surface area contributed by atoms with Crippen molar-refractivity contribution in [2.75, 3.05) is 6.61 Å². The van der Waals surface area contributed by atoms with Gasteiger partial charge in [0, 0.05) is 12.0 Å². The lowest BCUT2D eigenvalue weighted by Crippen LogP contribution is -2.41. The number of hydrogen-bond donors (Lipinski definition) is 0. The Morgan fingerprint density at radius 3 is 2.65 bits per heavy atom. The average Bonchev–Trinajstić information content (AvgIpc) is 2.62. The molecule has 2 rings (SSSR count). The van der Waals surface area contributed by atoms with Crippen molar-refractivity contribution in [2.24, 2.45) is 16.7 Å². The summed E-state index contributed by atoms with van der Waals surface area (Å²) in [5.41, 5.74) is -1.23. The van der Waals surface area contributed by atoms with Gasteiger partial charge >= 0.3 is 5.97 Å². The predicted octanol–water partition coefficient (Wildman–Crippen LogP) is 1.29. The van der Waals surface area contributed by atoms with Gasteiger partial charge in [-0.25, -0.2) is 4.79 Å². The molecule has 0 N–H and O–H groups in total. The first-order valence-corrected chi connectivity index (χ1v) is 5.74. The largest absolute Gasteiger partial charge is 0.461 e. The summed E-state index contributed by atoms with van der Waals surface area (Å²) in [5.74, 6) is -1.42. The van der Waals surface area contributed by atoms with Crippen molar-refractivity contribution < 1.29 is 19.1 Å². The zero-order valence-electron chi connectivity index (χ0n) is 10.1. The van der Waals surface area contributed by atoms with Crippen LogP contribution in [0.15, 0.2) is 12.7 Å². The normalized spacial score (nSPS) is 33.9. The van der Waals surface area contributed by atoms with Crippen LogP contribution in [0.1, 0.15) is 26.7 Å². The van der Waals surface area contributed by atoms with Crippen LogP contribution in [-0.4, -0.2) is 24.1 Å². The molecule has 4 heteroatoms. The zero-order valence-corrected chi connectivity index (χ0v) is 10.1. The maximum Gasteiger partial charge on any atom is 0.330 e. The van der Waals surface area contributed by atoms with Gasteiger partial charge in [0.15, 0.2) is 0 Å². The standard InChI is InChI=1S/C13H16O4/c1-4-9(14)17-7-13-6-5-8(12(13,2)3)10(15)11(13)16/h4,8H,1,5-7H2,2-3H3. The van der Waals surface area contributed by atoms with Crippen LogP contribution in [0.4, 0.5) is 0 Å². The highest BCUT2D eigenvalue weighted by atomic mass is 16.5. The molecular formula is C13H16O4. The van der Waals surface area contributed by atoms with Gasteiger partial charge in [-0.2, -0.15) is 0 Å². The van der Waals surface area contributed by atoms with Crippen molar-refractivity contribution in [2.45, 2.75) is 26.7 Å². The fraction of sp³-hybridized carbons (Fsp3) is 0.615. The van der Waals surface area contributed by atoms with Gasteiger partial charge in [0.2, 0.25) is 11.6 Å². The molecule has 0 aliphatic heterocycles. The van der Waals surface area contributed by atoms with Crippen molar-refractivity contribution >= 4 is 17.5 Å². The molecule has 0 amide bonds. The number of rotatable bonds is 3. The maximum atomic E-state index is 12.0. The van der Waals surface area contributed by atoms with Crippen LogP contribution in [0, 0.1) is 16.7 Å². The Hall–Kier alpha value is -1.45. The number of Topliss-reactive ketones (excluding diaryl/α,β-unsaturated/α-hetero) is 2. The number of hydrogen-bond acceptors (Lipinski definition) is 4. The number of ether oxygens (including phenoxy) is 1. The van der Waals surface area contributed by atoms with E-state index in [1.807, 2.05) is 13.8 Å². The summed E-state index contributed by atoms with van der Waals surface area (Å²) in [6, 6.07) is 0. The molecule has 2 saturated carbocycles. The average molecular weight is 236 g/mol. The highest BCUT2D eigenvalue weighted by molar-refractivity contribution is 6.43. The van der Waals surface area contributed by atoms with Crippen LogP contribution in [0.5, 0.6) is 0 Å². The molecule has 17 heavy (non-hydrogen) atoms. The van der Waals surface area contributed by atoms with E-state index in [1.165, 1.54) is 0 Å². The van der Waals surface area contributed by atoms with E-state index in [1.54, 1.807) is 0 Å². The van der Waals surface area contributed by atoms with E-state index in [-0.39, 0.29) is 24.1 Å². The molecule has 92 valence electrons. The van der Waals surface area contributed by atoms with Crippen molar-refractivity contribution in [3.8, 4) is 0 Å². The third-order valence-corrected chi connectivity index (χ3v) is 4.57. The predicted molar refractivity (Wildman–Crippen MR) is 60.1 cm³/mol. The summed E-state index contributed by atoms with van der Waals surface area (Å²) >= 11 is 0. The second-order valence-electron chi connectivity index (χ2n) is 5.40. The molecule has 2 aliphatic carbocycles. The Morgan fingerprint density at radius 2 is 2.18 bits per heavy atom. The first kappa shape index (κ1) is 12.0. The number of carbonyl (C=O) groups is 3. The Labute approximate surface area is 100 Å². The van der Waals surface area contributed by atoms with Crippen molar-refractivity contribution in [3.05, 3.63) is 12.7 Å². The van der Waals surface area contributed by atoms with Crippen LogP contribution in [0.25, 0.3) is 0 Å². The molecule has 0 aromatic heterocycles. The van der Waals surface area contributed by atoms with Crippen LogP contribution >= 0.6 is 0 Å². The summed E-state index contributed by atoms with van der Waals surface area (Å²) < 4.78 is 5.02. The number of ketones is 2. The van der Waals surface area contributed by atoms with Crippen LogP contribution < -0.4 is 0 Å². The van der Waals surface area contributed by atoms with E-state index in [9.17, 15) is 14.4 Å². The van der Waals surface area contributed by atoms with Crippen LogP contribution in [0.2, 0.25) is 0 Å². The molecule has 2 bridgehead atoms. The lowest BCUT2D eigenvalue weighted by Gasteiger charge is -2.34. The third kappa shape index (κ3) is 1.33. The Morgan fingerprint density at radius 1 is 1.53 bits per heavy atom. The highest BCUT2D eigenvalue weighted by Crippen LogP contribution is 2.62. The number of esters is 1. The minimum absolute atomic E-state index is 0.00801. The summed E-state index contributed by atoms with van der Waals surface area (Å²) in [4.78, 5) is 34.9. The maximum absolute atomic E-state index is 12.0. The molecule has 0 heterocycles. The third-order valence-electron chi connectivity index (χ3n) is 4.57. The minimum atomic E-state index is -0.812. The van der Waals surface area contributed by atoms with Gasteiger partial charge in [0.1, 0.15) is 6.61 Å². The summed E-state index contributed by atoms with van der Waals surface area (Å²) in [6.07, 6.45) is 2.40. The van der Waals surface area contributed by atoms with Gasteiger partial charge in [-0.1, -0.05) is 20.4 Å². The van der Waals surface area contributed by atoms with E-state index < -0.39 is 16.8 Å². The topological polar surface area (TPSA) is 60.4 Å². The zero-order chi connectivity index (χ0) is 12.8. The monoisotopic (exact) mass is 236 g/mol. The van der Waals surface area contributed by atoms with Gasteiger partial charge in [-0.05, 0) is 18.3 Å². The number of carbonyl (C=O) groups excluding carboxylic acids is 3. The fourth-order valence-corrected chi connectivity index (χ4v) is 3.24. The van der Waals surface area contributed by atoms with Gasteiger partial charge in [-0.3, -0.25) is 9.59 Å². The van der Waals surface area contributed by atoms with E-state index in [0.29, 0.717) is 12.8 Å². The quantitative estimate of drug-likeness (QED) is 0.421. The van der Waals surface area contributed by atoms with Crippen LogP contribution in [0.3, 0.4) is 0 Å². The smallest absolute Gasteiger partial charge is 0.330 e. The van der Waals surface area contributed by atoms with E-state index in [2.05, 4.69) is 6.58 Å². The first-order chi connectivity index (χ1) is 7.87. The molecule has 0 saturated heterocycles. The van der Waals surface area contributed by atoms with E-state index in [0.717, 1.165) is 6.08 Å². The molecule has 2 unspecified atom stereocenters. The molecule has 2 fully saturated rings. The van der Waals surface area contributed by atoms with Gasteiger partial charge in [0.05, 0.1) is 5.41 Å². The second kappa shape index (κ2) is 3.52. The van der Waals surface area contributed by atoms with Crippen molar-refractivity contribution in [1.82, 2.24) is 0 Å².